The highest BCUT2D eigenvalue weighted by atomic mass is 16.6. The predicted octanol–water partition coefficient (Wildman–Crippen LogP) is 0.0782. The molecule has 0 heterocycles. The molecule has 1 amide bonds. The second-order valence-electron chi connectivity index (χ2n) is 4.21. The summed E-state index contributed by atoms with van der Waals surface area (Å²) in [5.74, 6) is -0.518. The average molecular weight is 216 g/mol. The summed E-state index contributed by atoms with van der Waals surface area (Å²) in [5.41, 5.74) is 6.82. The van der Waals surface area contributed by atoms with Gasteiger partial charge in [-0.3, -0.25) is 9.63 Å². The van der Waals surface area contributed by atoms with Crippen molar-refractivity contribution in [1.29, 1.82) is 0 Å². The van der Waals surface area contributed by atoms with Gasteiger partial charge in [-0.05, 0) is 12.8 Å². The molecule has 5 nitrogen and oxygen atoms in total. The number of carbonyl (C=O) groups is 1. The van der Waals surface area contributed by atoms with Crippen LogP contribution in [0.15, 0.2) is 0 Å². The van der Waals surface area contributed by atoms with Crippen LogP contribution in [0, 0.1) is 0 Å². The van der Waals surface area contributed by atoms with Crippen molar-refractivity contribution in [2.24, 2.45) is 5.73 Å². The fourth-order valence-corrected chi connectivity index (χ4v) is 1.87. The fraction of sp³-hybridized carbons (Fsp3) is 0.900. The molecule has 0 unspecified atom stereocenters. The highest BCUT2D eigenvalue weighted by molar-refractivity contribution is 5.74. The minimum atomic E-state index is -0.686. The highest BCUT2D eigenvalue weighted by Gasteiger charge is 2.27. The molecule has 15 heavy (non-hydrogen) atoms. The van der Waals surface area contributed by atoms with Gasteiger partial charge in [-0.1, -0.05) is 25.7 Å². The second kappa shape index (κ2) is 6.05. The van der Waals surface area contributed by atoms with Crippen LogP contribution in [0.3, 0.4) is 0 Å². The summed E-state index contributed by atoms with van der Waals surface area (Å²) in [6.45, 7) is 0.205. The molecule has 4 N–H and O–H groups in total. The Hall–Kier alpha value is -0.650. The van der Waals surface area contributed by atoms with Gasteiger partial charge in [-0.2, -0.15) is 5.48 Å². The lowest BCUT2D eigenvalue weighted by molar-refractivity contribution is -0.127. The van der Waals surface area contributed by atoms with Gasteiger partial charge in [0.15, 0.2) is 0 Å². The number of hydrogen-bond donors (Lipinski definition) is 3. The van der Waals surface area contributed by atoms with Crippen molar-refractivity contribution in [2.45, 2.75) is 44.1 Å². The van der Waals surface area contributed by atoms with Gasteiger partial charge in [-0.25, -0.2) is 0 Å². The van der Waals surface area contributed by atoms with Crippen LogP contribution in [-0.4, -0.2) is 29.8 Å². The summed E-state index contributed by atoms with van der Waals surface area (Å²) in [5, 5.41) is 10.2. The summed E-state index contributed by atoms with van der Waals surface area (Å²) >= 11 is 0. The molecular formula is C10H20N2O3. The minimum absolute atomic E-state index is 0.157. The van der Waals surface area contributed by atoms with Gasteiger partial charge in [-0.15, -0.1) is 0 Å². The first-order valence-corrected chi connectivity index (χ1v) is 5.48. The van der Waals surface area contributed by atoms with Crippen molar-refractivity contribution in [2.75, 3.05) is 13.2 Å². The van der Waals surface area contributed by atoms with Crippen LogP contribution >= 0.6 is 0 Å². The largest absolute Gasteiger partial charge is 0.388 e. The van der Waals surface area contributed by atoms with Crippen LogP contribution < -0.4 is 11.2 Å². The zero-order valence-corrected chi connectivity index (χ0v) is 9.00. The lowest BCUT2D eigenvalue weighted by Crippen LogP contribution is -2.41. The number of carbonyl (C=O) groups excluding carboxylic acids is 1. The Balaban J connectivity index is 2.19. The first-order chi connectivity index (χ1) is 7.12. The molecule has 0 aromatic rings. The molecular weight excluding hydrogens is 196 g/mol. The first kappa shape index (κ1) is 12.4. The third-order valence-electron chi connectivity index (χ3n) is 2.75. The Kier molecular flexibility index (Phi) is 5.01. The van der Waals surface area contributed by atoms with Crippen LogP contribution in [0.25, 0.3) is 0 Å². The summed E-state index contributed by atoms with van der Waals surface area (Å²) in [4.78, 5) is 15.2. The summed E-state index contributed by atoms with van der Waals surface area (Å²) < 4.78 is 0. The van der Waals surface area contributed by atoms with Crippen molar-refractivity contribution in [3.63, 3.8) is 0 Å². The van der Waals surface area contributed by atoms with Gasteiger partial charge in [0.2, 0.25) is 5.91 Å². The van der Waals surface area contributed by atoms with E-state index in [9.17, 15) is 9.90 Å². The number of hydrogen-bond acceptors (Lipinski definition) is 4. The fourth-order valence-electron chi connectivity index (χ4n) is 1.87. The van der Waals surface area contributed by atoms with E-state index in [0.717, 1.165) is 25.7 Å². The molecule has 0 aromatic carbocycles. The van der Waals surface area contributed by atoms with Gasteiger partial charge in [0.05, 0.1) is 5.60 Å². The molecule has 88 valence electrons. The maximum atomic E-state index is 10.4. The molecule has 0 radical (unpaired) electrons. The number of hydroxylamine groups is 1. The molecule has 1 saturated carbocycles. The van der Waals surface area contributed by atoms with Crippen molar-refractivity contribution in [1.82, 2.24) is 5.48 Å². The third-order valence-corrected chi connectivity index (χ3v) is 2.75. The van der Waals surface area contributed by atoms with E-state index >= 15 is 0 Å². The van der Waals surface area contributed by atoms with Crippen molar-refractivity contribution >= 4 is 5.91 Å². The molecule has 0 bridgehead atoms. The van der Waals surface area contributed by atoms with Crippen molar-refractivity contribution in [3.8, 4) is 0 Å². The van der Waals surface area contributed by atoms with Gasteiger partial charge in [0.25, 0.3) is 0 Å². The summed E-state index contributed by atoms with van der Waals surface area (Å²) in [7, 11) is 0. The number of primary amides is 1. The van der Waals surface area contributed by atoms with Crippen LogP contribution in [0.4, 0.5) is 0 Å². The first-order valence-electron chi connectivity index (χ1n) is 5.48. The van der Waals surface area contributed by atoms with Gasteiger partial charge >= 0.3 is 0 Å². The van der Waals surface area contributed by atoms with Crippen LogP contribution in [0.5, 0.6) is 0 Å². The highest BCUT2D eigenvalue weighted by Crippen LogP contribution is 2.26. The standard InChI is InChI=1S/C10H20N2O3/c11-9(13)7-15-12-8-10(14)5-3-1-2-4-6-10/h12,14H,1-8H2,(H2,11,13). The molecule has 0 aliphatic heterocycles. The van der Waals surface area contributed by atoms with E-state index in [2.05, 4.69) is 5.48 Å². The topological polar surface area (TPSA) is 84.6 Å². The lowest BCUT2D eigenvalue weighted by atomic mass is 9.95. The number of amides is 1. The molecule has 0 aromatic heterocycles. The molecule has 1 aliphatic rings. The number of nitrogens with one attached hydrogen (secondary N) is 1. The Labute approximate surface area is 89.9 Å². The quantitative estimate of drug-likeness (QED) is 0.345. The zero-order valence-electron chi connectivity index (χ0n) is 9.00. The zero-order chi connectivity index (χ0) is 11.1. The lowest BCUT2D eigenvalue weighted by Gasteiger charge is -2.26. The summed E-state index contributed by atoms with van der Waals surface area (Å²) in [6.07, 6.45) is 6.05. The second-order valence-corrected chi connectivity index (χ2v) is 4.21. The Morgan fingerprint density at radius 3 is 2.47 bits per heavy atom. The van der Waals surface area contributed by atoms with E-state index < -0.39 is 11.5 Å². The summed E-state index contributed by atoms with van der Waals surface area (Å²) in [6, 6.07) is 0. The maximum Gasteiger partial charge on any atom is 0.245 e. The molecule has 1 rings (SSSR count). The van der Waals surface area contributed by atoms with E-state index in [-0.39, 0.29) is 6.61 Å². The molecule has 1 fully saturated rings. The molecule has 0 spiro atoms. The van der Waals surface area contributed by atoms with Crippen molar-refractivity contribution < 1.29 is 14.7 Å². The molecule has 5 heteroatoms. The average Bonchev–Trinajstić information content (AvgIpc) is 2.38. The van der Waals surface area contributed by atoms with Crippen LogP contribution in [-0.2, 0) is 9.63 Å². The SMILES string of the molecule is NC(=O)CONCC1(O)CCCCCC1. The minimum Gasteiger partial charge on any atom is -0.388 e. The smallest absolute Gasteiger partial charge is 0.245 e. The van der Waals surface area contributed by atoms with E-state index in [4.69, 9.17) is 10.6 Å². The molecule has 0 atom stereocenters. The van der Waals surface area contributed by atoms with Crippen molar-refractivity contribution in [3.05, 3.63) is 0 Å². The third kappa shape index (κ3) is 5.11. The molecule has 1 aliphatic carbocycles. The van der Waals surface area contributed by atoms with E-state index in [1.165, 1.54) is 12.8 Å². The number of nitrogens with two attached hydrogens (primary N) is 1. The monoisotopic (exact) mass is 216 g/mol. The number of rotatable bonds is 5. The number of aliphatic hydroxyl groups is 1. The van der Waals surface area contributed by atoms with E-state index in [0.29, 0.717) is 6.54 Å². The Morgan fingerprint density at radius 2 is 1.93 bits per heavy atom. The Bertz CT molecular complexity index is 201. The maximum absolute atomic E-state index is 10.4. The van der Waals surface area contributed by atoms with Gasteiger partial charge in [0, 0.05) is 6.54 Å². The van der Waals surface area contributed by atoms with Crippen LogP contribution in [0.1, 0.15) is 38.5 Å². The van der Waals surface area contributed by atoms with Gasteiger partial charge in [0.1, 0.15) is 6.61 Å². The van der Waals surface area contributed by atoms with E-state index in [1.807, 2.05) is 0 Å². The normalized spacial score (nSPS) is 20.9. The van der Waals surface area contributed by atoms with Gasteiger partial charge < -0.3 is 10.8 Å². The molecule has 0 saturated heterocycles. The van der Waals surface area contributed by atoms with Crippen LogP contribution in [0.2, 0.25) is 0 Å². The predicted molar refractivity (Wildman–Crippen MR) is 55.8 cm³/mol. The van der Waals surface area contributed by atoms with E-state index in [1.54, 1.807) is 0 Å². The Morgan fingerprint density at radius 1 is 1.33 bits per heavy atom.